The summed E-state index contributed by atoms with van der Waals surface area (Å²) in [6.45, 7) is 9.59. The number of carbonyl (C=O) groups is 3. The van der Waals surface area contributed by atoms with Gasteiger partial charge in [0.05, 0.1) is 5.56 Å². The second-order valence-corrected chi connectivity index (χ2v) is 6.27. The van der Waals surface area contributed by atoms with E-state index in [2.05, 4.69) is 24.5 Å². The van der Waals surface area contributed by atoms with Crippen LogP contribution in [0.25, 0.3) is 0 Å². The molecule has 0 radical (unpaired) electrons. The highest BCUT2D eigenvalue weighted by Gasteiger charge is 2.23. The number of urea groups is 1. The van der Waals surface area contributed by atoms with Crippen molar-refractivity contribution in [1.82, 2.24) is 10.6 Å². The molecule has 0 aromatic heterocycles. The fourth-order valence-electron chi connectivity index (χ4n) is 2.16. The molecule has 0 heterocycles. The number of nitrogens with one attached hydrogen (secondary N) is 2. The molecule has 3 amide bonds. The second-order valence-electron chi connectivity index (χ2n) is 6.27. The number of imide groups is 1. The molecule has 2 N–H and O–H groups in total. The molecular weight excluding hydrogens is 308 g/mol. The Bertz CT molecular complexity index is 623. The summed E-state index contributed by atoms with van der Waals surface area (Å²) in [5.41, 5.74) is 2.46. The SMILES string of the molecule is CNC(=O)NC(=O)[C@@H](C)OC(=O)c1ccc(C(C)C)cc1C(C)C. The third-order valence-electron chi connectivity index (χ3n) is 3.70. The molecule has 6 nitrogen and oxygen atoms in total. The quantitative estimate of drug-likeness (QED) is 0.811. The molecule has 0 bridgehead atoms. The third kappa shape index (κ3) is 5.08. The van der Waals surface area contributed by atoms with E-state index in [0.717, 1.165) is 11.1 Å². The number of ether oxygens (including phenoxy) is 1. The Morgan fingerprint density at radius 2 is 1.62 bits per heavy atom. The predicted octanol–water partition coefficient (Wildman–Crippen LogP) is 2.93. The largest absolute Gasteiger partial charge is 0.449 e. The first-order valence-electron chi connectivity index (χ1n) is 8.04. The van der Waals surface area contributed by atoms with Gasteiger partial charge < -0.3 is 10.1 Å². The van der Waals surface area contributed by atoms with E-state index in [1.165, 1.54) is 14.0 Å². The lowest BCUT2D eigenvalue weighted by molar-refractivity contribution is -0.127. The van der Waals surface area contributed by atoms with Crippen molar-refractivity contribution in [2.75, 3.05) is 7.05 Å². The molecule has 0 saturated carbocycles. The topological polar surface area (TPSA) is 84.5 Å². The Balaban J connectivity index is 2.94. The van der Waals surface area contributed by atoms with Gasteiger partial charge in [0.2, 0.25) is 0 Å². The molecule has 1 aromatic rings. The lowest BCUT2D eigenvalue weighted by Gasteiger charge is -2.17. The molecule has 1 rings (SSSR count). The van der Waals surface area contributed by atoms with Gasteiger partial charge in [0.25, 0.3) is 5.91 Å². The molecule has 0 aliphatic rings. The summed E-state index contributed by atoms with van der Waals surface area (Å²) < 4.78 is 5.20. The average Bonchev–Trinajstić information content (AvgIpc) is 2.53. The van der Waals surface area contributed by atoms with E-state index in [0.29, 0.717) is 11.5 Å². The Morgan fingerprint density at radius 3 is 2.12 bits per heavy atom. The van der Waals surface area contributed by atoms with Gasteiger partial charge in [-0.25, -0.2) is 9.59 Å². The molecule has 0 spiro atoms. The third-order valence-corrected chi connectivity index (χ3v) is 3.70. The molecule has 0 saturated heterocycles. The normalized spacial score (nSPS) is 12.0. The maximum Gasteiger partial charge on any atom is 0.339 e. The zero-order valence-electron chi connectivity index (χ0n) is 15.1. The van der Waals surface area contributed by atoms with Gasteiger partial charge in [0, 0.05) is 7.05 Å². The van der Waals surface area contributed by atoms with Gasteiger partial charge in [-0.05, 0) is 36.0 Å². The van der Waals surface area contributed by atoms with E-state index in [-0.39, 0.29) is 5.92 Å². The van der Waals surface area contributed by atoms with E-state index < -0.39 is 24.0 Å². The van der Waals surface area contributed by atoms with E-state index in [4.69, 9.17) is 4.74 Å². The highest BCUT2D eigenvalue weighted by molar-refractivity contribution is 5.98. The summed E-state index contributed by atoms with van der Waals surface area (Å²) in [5, 5.41) is 4.35. The first-order chi connectivity index (χ1) is 11.2. The molecule has 1 atom stereocenters. The molecule has 0 unspecified atom stereocenters. The monoisotopic (exact) mass is 334 g/mol. The molecule has 132 valence electrons. The smallest absolute Gasteiger partial charge is 0.339 e. The van der Waals surface area contributed by atoms with Gasteiger partial charge in [-0.1, -0.05) is 39.8 Å². The van der Waals surface area contributed by atoms with Gasteiger partial charge in [0.1, 0.15) is 0 Å². The average molecular weight is 334 g/mol. The van der Waals surface area contributed by atoms with Crippen LogP contribution in [-0.4, -0.2) is 31.1 Å². The number of rotatable bonds is 5. The van der Waals surface area contributed by atoms with Crippen LogP contribution in [0.3, 0.4) is 0 Å². The Labute approximate surface area is 143 Å². The van der Waals surface area contributed by atoms with Gasteiger partial charge in [-0.3, -0.25) is 10.1 Å². The first-order valence-corrected chi connectivity index (χ1v) is 8.04. The van der Waals surface area contributed by atoms with Gasteiger partial charge >= 0.3 is 12.0 Å². The molecule has 24 heavy (non-hydrogen) atoms. The van der Waals surface area contributed by atoms with E-state index in [1.807, 2.05) is 26.0 Å². The summed E-state index contributed by atoms with van der Waals surface area (Å²) in [7, 11) is 1.39. The van der Waals surface area contributed by atoms with Crippen LogP contribution >= 0.6 is 0 Å². The van der Waals surface area contributed by atoms with E-state index >= 15 is 0 Å². The van der Waals surface area contributed by atoms with Crippen molar-refractivity contribution in [3.05, 3.63) is 34.9 Å². The molecule has 1 aromatic carbocycles. The highest BCUT2D eigenvalue weighted by Crippen LogP contribution is 2.25. The number of esters is 1. The van der Waals surface area contributed by atoms with Gasteiger partial charge in [0.15, 0.2) is 6.10 Å². The molecule has 0 aliphatic carbocycles. The summed E-state index contributed by atoms with van der Waals surface area (Å²) in [6.07, 6.45) is -1.07. The second kappa shape index (κ2) is 8.47. The fraction of sp³-hybridized carbons (Fsp3) is 0.500. The van der Waals surface area contributed by atoms with Crippen molar-refractivity contribution in [3.8, 4) is 0 Å². The van der Waals surface area contributed by atoms with Crippen molar-refractivity contribution in [3.63, 3.8) is 0 Å². The van der Waals surface area contributed by atoms with Crippen LogP contribution in [0.1, 0.15) is 67.9 Å². The summed E-state index contributed by atoms with van der Waals surface area (Å²) in [4.78, 5) is 35.4. The molecule has 0 fully saturated rings. The Kier molecular flexibility index (Phi) is 6.95. The van der Waals surface area contributed by atoms with Crippen LogP contribution in [0.4, 0.5) is 4.79 Å². The predicted molar refractivity (Wildman–Crippen MR) is 92.1 cm³/mol. The van der Waals surface area contributed by atoms with Crippen LogP contribution in [0.2, 0.25) is 0 Å². The number of hydrogen-bond donors (Lipinski definition) is 2. The van der Waals surface area contributed by atoms with Crippen molar-refractivity contribution >= 4 is 17.9 Å². The Hall–Kier alpha value is -2.37. The van der Waals surface area contributed by atoms with Crippen LogP contribution in [0.5, 0.6) is 0 Å². The van der Waals surface area contributed by atoms with Crippen molar-refractivity contribution < 1.29 is 19.1 Å². The summed E-state index contributed by atoms with van der Waals surface area (Å²) in [6, 6.07) is 4.98. The van der Waals surface area contributed by atoms with Gasteiger partial charge in [-0.2, -0.15) is 0 Å². The van der Waals surface area contributed by atoms with Crippen LogP contribution < -0.4 is 10.6 Å². The Morgan fingerprint density at radius 1 is 1.00 bits per heavy atom. The van der Waals surface area contributed by atoms with Gasteiger partial charge in [-0.15, -0.1) is 0 Å². The van der Waals surface area contributed by atoms with Crippen LogP contribution in [-0.2, 0) is 9.53 Å². The minimum absolute atomic E-state index is 0.140. The maximum atomic E-state index is 12.4. The number of carbonyl (C=O) groups excluding carboxylic acids is 3. The maximum absolute atomic E-state index is 12.4. The van der Waals surface area contributed by atoms with E-state index in [1.54, 1.807) is 6.07 Å². The molecule has 6 heteroatoms. The summed E-state index contributed by atoms with van der Waals surface area (Å²) >= 11 is 0. The van der Waals surface area contributed by atoms with Crippen LogP contribution in [0, 0.1) is 0 Å². The highest BCUT2D eigenvalue weighted by atomic mass is 16.5. The summed E-state index contributed by atoms with van der Waals surface area (Å²) in [5.74, 6) is -0.757. The lowest BCUT2D eigenvalue weighted by atomic mass is 9.91. The molecular formula is C18H26N2O4. The molecule has 0 aliphatic heterocycles. The van der Waals surface area contributed by atoms with Crippen LogP contribution in [0.15, 0.2) is 18.2 Å². The van der Waals surface area contributed by atoms with Crippen molar-refractivity contribution in [2.45, 2.75) is 52.6 Å². The van der Waals surface area contributed by atoms with Crippen molar-refractivity contribution in [1.29, 1.82) is 0 Å². The first kappa shape index (κ1) is 19.7. The zero-order valence-corrected chi connectivity index (χ0v) is 15.1. The van der Waals surface area contributed by atoms with E-state index in [9.17, 15) is 14.4 Å². The minimum atomic E-state index is -1.07. The lowest BCUT2D eigenvalue weighted by Crippen LogP contribution is -2.43. The number of hydrogen-bond acceptors (Lipinski definition) is 4. The zero-order chi connectivity index (χ0) is 18.4. The minimum Gasteiger partial charge on any atom is -0.449 e. The van der Waals surface area contributed by atoms with Crippen molar-refractivity contribution in [2.24, 2.45) is 0 Å². The number of benzene rings is 1. The number of amides is 3. The standard InChI is InChI=1S/C18H26N2O4/c1-10(2)13-7-8-14(15(9-13)11(3)4)17(22)24-12(5)16(21)20-18(23)19-6/h7-12H,1-6H3,(H2,19,20,21,23)/t12-/m1/s1. The fourth-order valence-corrected chi connectivity index (χ4v) is 2.16.